The lowest BCUT2D eigenvalue weighted by Gasteiger charge is -2.42. The van der Waals surface area contributed by atoms with Gasteiger partial charge in [-0.1, -0.05) is 12.1 Å². The molecule has 1 atom stereocenters. The first-order valence-corrected chi connectivity index (χ1v) is 5.23. The van der Waals surface area contributed by atoms with Gasteiger partial charge in [0.15, 0.2) is 0 Å². The number of carbonyl (C=O) groups is 1. The first-order chi connectivity index (χ1) is 7.36. The van der Waals surface area contributed by atoms with Crippen molar-refractivity contribution >= 4 is 11.6 Å². The van der Waals surface area contributed by atoms with Gasteiger partial charge in [0.1, 0.15) is 6.17 Å². The lowest BCUT2D eigenvalue weighted by molar-refractivity contribution is 0.0923. The van der Waals surface area contributed by atoms with Crippen LogP contribution in [0.1, 0.15) is 10.4 Å². The van der Waals surface area contributed by atoms with E-state index in [1.54, 1.807) is 0 Å². The van der Waals surface area contributed by atoms with Gasteiger partial charge < -0.3 is 15.5 Å². The summed E-state index contributed by atoms with van der Waals surface area (Å²) in [5, 5.41) is 6.28. The van der Waals surface area contributed by atoms with Gasteiger partial charge in [0.25, 0.3) is 5.91 Å². The Morgan fingerprint density at radius 3 is 3.13 bits per heavy atom. The zero-order valence-corrected chi connectivity index (χ0v) is 8.36. The van der Waals surface area contributed by atoms with E-state index < -0.39 is 0 Å². The Morgan fingerprint density at radius 2 is 2.20 bits per heavy atom. The maximum Gasteiger partial charge on any atom is 0.255 e. The second-order valence-electron chi connectivity index (χ2n) is 3.90. The molecule has 0 radical (unpaired) electrons. The maximum absolute atomic E-state index is 11.8. The van der Waals surface area contributed by atoms with E-state index in [-0.39, 0.29) is 12.1 Å². The molecule has 2 heterocycles. The minimum atomic E-state index is 0.0375. The van der Waals surface area contributed by atoms with E-state index in [9.17, 15) is 4.79 Å². The molecule has 0 saturated carbocycles. The molecule has 2 N–H and O–H groups in total. The van der Waals surface area contributed by atoms with Gasteiger partial charge in [-0.25, -0.2) is 0 Å². The Morgan fingerprint density at radius 1 is 1.33 bits per heavy atom. The van der Waals surface area contributed by atoms with Gasteiger partial charge in [0.05, 0.1) is 11.3 Å². The standard InChI is InChI=1S/C11H13N3O/c15-11-8-3-1-2-4-9(8)14-6-5-12-7-10(14)13-11/h1-4,10,12H,5-7H2,(H,13,15). The SMILES string of the molecule is O=C1NC2CNCCN2c2ccccc21. The van der Waals surface area contributed by atoms with Gasteiger partial charge in [0.2, 0.25) is 0 Å². The summed E-state index contributed by atoms with van der Waals surface area (Å²) in [6, 6.07) is 7.78. The van der Waals surface area contributed by atoms with Gasteiger partial charge >= 0.3 is 0 Å². The molecule has 0 bridgehead atoms. The Labute approximate surface area is 88.3 Å². The van der Waals surface area contributed by atoms with Crippen LogP contribution in [0.5, 0.6) is 0 Å². The first kappa shape index (κ1) is 8.73. The minimum absolute atomic E-state index is 0.0375. The molecule has 3 rings (SSSR count). The number of hydrogen-bond acceptors (Lipinski definition) is 3. The van der Waals surface area contributed by atoms with Crippen LogP contribution in [0.4, 0.5) is 5.69 Å². The van der Waals surface area contributed by atoms with E-state index in [2.05, 4.69) is 15.5 Å². The van der Waals surface area contributed by atoms with Crippen LogP contribution in [0.2, 0.25) is 0 Å². The van der Waals surface area contributed by atoms with Crippen molar-refractivity contribution in [3.63, 3.8) is 0 Å². The van der Waals surface area contributed by atoms with E-state index in [1.807, 2.05) is 24.3 Å². The predicted molar refractivity (Wildman–Crippen MR) is 57.9 cm³/mol. The van der Waals surface area contributed by atoms with E-state index in [0.717, 1.165) is 30.9 Å². The largest absolute Gasteiger partial charge is 0.348 e. The van der Waals surface area contributed by atoms with Crippen LogP contribution in [-0.4, -0.2) is 31.7 Å². The Hall–Kier alpha value is -1.55. The third-order valence-electron chi connectivity index (χ3n) is 3.00. The number of nitrogens with one attached hydrogen (secondary N) is 2. The fourth-order valence-corrected chi connectivity index (χ4v) is 2.27. The lowest BCUT2D eigenvalue weighted by Crippen LogP contribution is -2.62. The second kappa shape index (κ2) is 3.24. The average Bonchev–Trinajstić information content (AvgIpc) is 2.30. The van der Waals surface area contributed by atoms with Crippen molar-refractivity contribution in [2.24, 2.45) is 0 Å². The van der Waals surface area contributed by atoms with E-state index in [1.165, 1.54) is 0 Å². The lowest BCUT2D eigenvalue weighted by atomic mass is 10.1. The first-order valence-electron chi connectivity index (χ1n) is 5.23. The summed E-state index contributed by atoms with van der Waals surface area (Å²) in [4.78, 5) is 14.0. The molecule has 2 aliphatic rings. The van der Waals surface area contributed by atoms with Crippen LogP contribution in [0.15, 0.2) is 24.3 Å². The monoisotopic (exact) mass is 203 g/mol. The van der Waals surface area contributed by atoms with Crippen LogP contribution in [0.25, 0.3) is 0 Å². The minimum Gasteiger partial charge on any atom is -0.348 e. The summed E-state index contributed by atoms with van der Waals surface area (Å²) in [6.45, 7) is 2.74. The van der Waals surface area contributed by atoms with Crippen LogP contribution in [0, 0.1) is 0 Å². The Kier molecular flexibility index (Phi) is 1.89. The maximum atomic E-state index is 11.8. The highest BCUT2D eigenvalue weighted by Crippen LogP contribution is 2.26. The highest BCUT2D eigenvalue weighted by Gasteiger charge is 2.31. The molecule has 0 spiro atoms. The van der Waals surface area contributed by atoms with Crippen molar-refractivity contribution in [3.8, 4) is 0 Å². The zero-order valence-electron chi connectivity index (χ0n) is 8.36. The van der Waals surface area contributed by atoms with Gasteiger partial charge in [-0.15, -0.1) is 0 Å². The van der Waals surface area contributed by atoms with Gasteiger partial charge in [-0.3, -0.25) is 4.79 Å². The summed E-state index contributed by atoms with van der Waals surface area (Å²) in [5.74, 6) is 0.0375. The van der Waals surface area contributed by atoms with Crippen molar-refractivity contribution in [3.05, 3.63) is 29.8 Å². The highest BCUT2D eigenvalue weighted by atomic mass is 16.2. The Bertz CT molecular complexity index is 405. The van der Waals surface area contributed by atoms with Crippen molar-refractivity contribution in [1.29, 1.82) is 0 Å². The smallest absolute Gasteiger partial charge is 0.255 e. The number of nitrogens with zero attached hydrogens (tertiary/aromatic N) is 1. The number of para-hydroxylation sites is 1. The van der Waals surface area contributed by atoms with Crippen molar-refractivity contribution in [1.82, 2.24) is 10.6 Å². The molecule has 1 fully saturated rings. The van der Waals surface area contributed by atoms with Crippen LogP contribution in [0.3, 0.4) is 0 Å². The number of amides is 1. The molecule has 4 nitrogen and oxygen atoms in total. The summed E-state index contributed by atoms with van der Waals surface area (Å²) in [5.41, 5.74) is 1.85. The van der Waals surface area contributed by atoms with E-state index >= 15 is 0 Å². The fourth-order valence-electron chi connectivity index (χ4n) is 2.27. The van der Waals surface area contributed by atoms with E-state index in [4.69, 9.17) is 0 Å². The Balaban J connectivity index is 2.07. The van der Waals surface area contributed by atoms with Crippen LogP contribution < -0.4 is 15.5 Å². The molecule has 1 saturated heterocycles. The molecule has 2 aliphatic heterocycles. The average molecular weight is 203 g/mol. The molecule has 1 aromatic carbocycles. The van der Waals surface area contributed by atoms with Crippen LogP contribution >= 0.6 is 0 Å². The van der Waals surface area contributed by atoms with Crippen LogP contribution in [-0.2, 0) is 0 Å². The zero-order chi connectivity index (χ0) is 10.3. The molecule has 15 heavy (non-hydrogen) atoms. The van der Waals surface area contributed by atoms with Crippen molar-refractivity contribution < 1.29 is 4.79 Å². The molecule has 78 valence electrons. The molecule has 1 amide bonds. The van der Waals surface area contributed by atoms with Gasteiger partial charge in [-0.2, -0.15) is 0 Å². The van der Waals surface area contributed by atoms with Gasteiger partial charge in [0, 0.05) is 19.6 Å². The van der Waals surface area contributed by atoms with Crippen molar-refractivity contribution in [2.75, 3.05) is 24.5 Å². The number of anilines is 1. The quantitative estimate of drug-likeness (QED) is 0.631. The number of hydrogen-bond donors (Lipinski definition) is 2. The third-order valence-corrected chi connectivity index (χ3v) is 3.00. The summed E-state index contributed by atoms with van der Waals surface area (Å²) in [6.07, 6.45) is 0.112. The molecular weight excluding hydrogens is 190 g/mol. The topological polar surface area (TPSA) is 44.4 Å². The second-order valence-corrected chi connectivity index (χ2v) is 3.90. The number of carbonyl (C=O) groups excluding carboxylic acids is 1. The molecule has 4 heteroatoms. The highest BCUT2D eigenvalue weighted by molar-refractivity contribution is 6.02. The number of rotatable bonds is 0. The molecule has 0 aliphatic carbocycles. The summed E-state index contributed by atoms with van der Waals surface area (Å²) >= 11 is 0. The molecule has 1 unspecified atom stereocenters. The van der Waals surface area contributed by atoms with Gasteiger partial charge in [-0.05, 0) is 12.1 Å². The number of fused-ring (bicyclic) bond motifs is 3. The number of piperazine rings is 1. The van der Waals surface area contributed by atoms with E-state index in [0.29, 0.717) is 0 Å². The van der Waals surface area contributed by atoms with Crippen molar-refractivity contribution in [2.45, 2.75) is 6.17 Å². The summed E-state index contributed by atoms with van der Waals surface area (Å²) < 4.78 is 0. The molecular formula is C11H13N3O. The predicted octanol–water partition coefficient (Wildman–Crippen LogP) is 0.166. The molecule has 0 aromatic heterocycles. The third kappa shape index (κ3) is 1.29. The fraction of sp³-hybridized carbons (Fsp3) is 0.364. The summed E-state index contributed by atoms with van der Waals surface area (Å²) in [7, 11) is 0. The number of benzene rings is 1. The normalized spacial score (nSPS) is 24.1. The molecule has 1 aromatic rings.